The summed E-state index contributed by atoms with van der Waals surface area (Å²) in [4.78, 5) is 36.7. The molecule has 0 aromatic heterocycles. The first-order chi connectivity index (χ1) is 14.4. The molecule has 3 rings (SSSR count). The van der Waals surface area contributed by atoms with E-state index in [4.69, 9.17) is 0 Å². The Morgan fingerprint density at radius 3 is 2.40 bits per heavy atom. The zero-order chi connectivity index (χ0) is 21.5. The molecule has 154 valence electrons. The number of para-hydroxylation sites is 1. The Balaban J connectivity index is 1.49. The number of rotatable bonds is 7. The van der Waals surface area contributed by atoms with Crippen LogP contribution >= 0.6 is 15.9 Å². The SMILES string of the molecule is C[C@@H](NC(=O)Cc1cccc2ccccc12)C(=O)NCC(=O)Nc1ccccc1Br. The molecule has 0 aliphatic carbocycles. The Morgan fingerprint density at radius 2 is 1.60 bits per heavy atom. The third kappa shape index (κ3) is 5.67. The van der Waals surface area contributed by atoms with Crippen LogP contribution in [0, 0.1) is 0 Å². The predicted octanol–water partition coefficient (Wildman–Crippen LogP) is 3.40. The average molecular weight is 468 g/mol. The normalized spacial score (nSPS) is 11.5. The summed E-state index contributed by atoms with van der Waals surface area (Å²) in [5.74, 6) is -1.04. The van der Waals surface area contributed by atoms with Gasteiger partial charge in [-0.1, -0.05) is 54.6 Å². The minimum Gasteiger partial charge on any atom is -0.345 e. The van der Waals surface area contributed by atoms with Crippen molar-refractivity contribution in [1.82, 2.24) is 10.6 Å². The van der Waals surface area contributed by atoms with Crippen molar-refractivity contribution in [2.75, 3.05) is 11.9 Å². The van der Waals surface area contributed by atoms with E-state index >= 15 is 0 Å². The Bertz CT molecular complexity index is 1080. The van der Waals surface area contributed by atoms with Gasteiger partial charge in [0.25, 0.3) is 0 Å². The fraction of sp³-hybridized carbons (Fsp3) is 0.174. The van der Waals surface area contributed by atoms with Crippen LogP contribution in [0.5, 0.6) is 0 Å². The van der Waals surface area contributed by atoms with E-state index in [9.17, 15) is 14.4 Å². The van der Waals surface area contributed by atoms with E-state index in [1.54, 1.807) is 19.1 Å². The average Bonchev–Trinajstić information content (AvgIpc) is 2.74. The molecule has 0 saturated heterocycles. The summed E-state index contributed by atoms with van der Waals surface area (Å²) < 4.78 is 0.749. The first-order valence-electron chi connectivity index (χ1n) is 9.52. The van der Waals surface area contributed by atoms with Crippen LogP contribution < -0.4 is 16.0 Å². The van der Waals surface area contributed by atoms with Gasteiger partial charge in [0.05, 0.1) is 18.7 Å². The lowest BCUT2D eigenvalue weighted by molar-refractivity contribution is -0.129. The Kier molecular flexibility index (Phi) is 7.19. The number of benzene rings is 3. The summed E-state index contributed by atoms with van der Waals surface area (Å²) in [5.41, 5.74) is 1.51. The summed E-state index contributed by atoms with van der Waals surface area (Å²) >= 11 is 3.35. The van der Waals surface area contributed by atoms with Gasteiger partial charge in [-0.15, -0.1) is 0 Å². The van der Waals surface area contributed by atoms with E-state index in [-0.39, 0.29) is 24.8 Å². The molecule has 0 radical (unpaired) electrons. The number of anilines is 1. The zero-order valence-electron chi connectivity index (χ0n) is 16.4. The van der Waals surface area contributed by atoms with Gasteiger partial charge in [0.15, 0.2) is 0 Å². The van der Waals surface area contributed by atoms with Crippen LogP contribution in [0.1, 0.15) is 12.5 Å². The fourth-order valence-corrected chi connectivity index (χ4v) is 3.44. The molecule has 3 aromatic rings. The molecule has 0 heterocycles. The number of hydrogen-bond donors (Lipinski definition) is 3. The van der Waals surface area contributed by atoms with Crippen molar-refractivity contribution in [1.29, 1.82) is 0 Å². The van der Waals surface area contributed by atoms with Crippen molar-refractivity contribution in [3.8, 4) is 0 Å². The maximum absolute atomic E-state index is 12.4. The molecule has 1 atom stereocenters. The van der Waals surface area contributed by atoms with Crippen LogP contribution in [0.2, 0.25) is 0 Å². The Morgan fingerprint density at radius 1 is 0.900 bits per heavy atom. The molecule has 3 amide bonds. The van der Waals surface area contributed by atoms with E-state index in [1.165, 1.54) is 0 Å². The highest BCUT2D eigenvalue weighted by Crippen LogP contribution is 2.21. The van der Waals surface area contributed by atoms with Gasteiger partial charge in [0.1, 0.15) is 6.04 Å². The van der Waals surface area contributed by atoms with Crippen molar-refractivity contribution < 1.29 is 14.4 Å². The minimum atomic E-state index is -0.760. The molecule has 0 bridgehead atoms. The van der Waals surface area contributed by atoms with Crippen LogP contribution in [0.25, 0.3) is 10.8 Å². The molecule has 0 aliphatic rings. The number of amides is 3. The summed E-state index contributed by atoms with van der Waals surface area (Å²) in [5, 5.41) is 10.0. The third-order valence-electron chi connectivity index (χ3n) is 4.57. The highest BCUT2D eigenvalue weighted by Gasteiger charge is 2.17. The van der Waals surface area contributed by atoms with Gasteiger partial charge in [-0.25, -0.2) is 0 Å². The van der Waals surface area contributed by atoms with Crippen molar-refractivity contribution in [3.05, 3.63) is 76.8 Å². The second-order valence-electron chi connectivity index (χ2n) is 6.85. The van der Waals surface area contributed by atoms with Crippen molar-refractivity contribution in [2.45, 2.75) is 19.4 Å². The Hall–Kier alpha value is -3.19. The largest absolute Gasteiger partial charge is 0.345 e. The lowest BCUT2D eigenvalue weighted by Crippen LogP contribution is -2.47. The van der Waals surface area contributed by atoms with Crippen LogP contribution in [0.4, 0.5) is 5.69 Å². The number of carbonyl (C=O) groups excluding carboxylic acids is 3. The lowest BCUT2D eigenvalue weighted by atomic mass is 10.0. The molecule has 0 aliphatic heterocycles. The van der Waals surface area contributed by atoms with E-state index in [0.717, 1.165) is 20.8 Å². The van der Waals surface area contributed by atoms with Crippen molar-refractivity contribution in [2.24, 2.45) is 0 Å². The van der Waals surface area contributed by atoms with E-state index in [1.807, 2.05) is 54.6 Å². The van der Waals surface area contributed by atoms with Gasteiger partial charge >= 0.3 is 0 Å². The summed E-state index contributed by atoms with van der Waals surface area (Å²) in [6.45, 7) is 1.39. The molecule has 30 heavy (non-hydrogen) atoms. The monoisotopic (exact) mass is 467 g/mol. The second-order valence-corrected chi connectivity index (χ2v) is 7.70. The van der Waals surface area contributed by atoms with Crippen molar-refractivity contribution >= 4 is 50.1 Å². The minimum absolute atomic E-state index is 0.168. The maximum atomic E-state index is 12.4. The molecule has 7 heteroatoms. The van der Waals surface area contributed by atoms with Crippen molar-refractivity contribution in [3.63, 3.8) is 0 Å². The highest BCUT2D eigenvalue weighted by atomic mass is 79.9. The van der Waals surface area contributed by atoms with Gasteiger partial charge in [-0.2, -0.15) is 0 Å². The van der Waals surface area contributed by atoms with E-state index < -0.39 is 11.9 Å². The molecule has 6 nitrogen and oxygen atoms in total. The van der Waals surface area contributed by atoms with Gasteiger partial charge in [-0.05, 0) is 51.3 Å². The smallest absolute Gasteiger partial charge is 0.243 e. The van der Waals surface area contributed by atoms with Crippen LogP contribution in [-0.4, -0.2) is 30.3 Å². The predicted molar refractivity (Wildman–Crippen MR) is 121 cm³/mol. The molecule has 3 N–H and O–H groups in total. The molecule has 0 fully saturated rings. The summed E-state index contributed by atoms with van der Waals surface area (Å²) in [7, 11) is 0. The molecule has 0 unspecified atom stereocenters. The molecule has 0 saturated carbocycles. The first-order valence-corrected chi connectivity index (χ1v) is 10.3. The van der Waals surface area contributed by atoms with Gasteiger partial charge in [0.2, 0.25) is 17.7 Å². The molecular formula is C23H22BrN3O3. The number of nitrogens with one attached hydrogen (secondary N) is 3. The quantitative estimate of drug-likeness (QED) is 0.497. The molecule has 0 spiro atoms. The number of carbonyl (C=O) groups is 3. The zero-order valence-corrected chi connectivity index (χ0v) is 18.0. The summed E-state index contributed by atoms with van der Waals surface area (Å²) in [6.07, 6.45) is 0.168. The van der Waals surface area contributed by atoms with Crippen LogP contribution in [-0.2, 0) is 20.8 Å². The lowest BCUT2D eigenvalue weighted by Gasteiger charge is -2.15. The molecular weight excluding hydrogens is 446 g/mol. The number of hydrogen-bond acceptors (Lipinski definition) is 3. The molecule has 3 aromatic carbocycles. The maximum Gasteiger partial charge on any atom is 0.243 e. The van der Waals surface area contributed by atoms with E-state index in [2.05, 4.69) is 31.9 Å². The first kappa shape index (κ1) is 21.5. The van der Waals surface area contributed by atoms with Crippen LogP contribution in [0.15, 0.2) is 71.2 Å². The van der Waals surface area contributed by atoms with Gasteiger partial charge < -0.3 is 16.0 Å². The summed E-state index contributed by atoms with van der Waals surface area (Å²) in [6, 6.07) is 20.1. The number of fused-ring (bicyclic) bond motifs is 1. The highest BCUT2D eigenvalue weighted by molar-refractivity contribution is 9.10. The fourth-order valence-electron chi connectivity index (χ4n) is 3.06. The van der Waals surface area contributed by atoms with Gasteiger partial charge in [0, 0.05) is 4.47 Å². The Labute approximate surface area is 183 Å². The standard InChI is InChI=1S/C23H22BrN3O3/c1-15(23(30)25-14-22(29)27-20-12-5-4-11-19(20)24)26-21(28)13-17-9-6-8-16-7-2-3-10-18(16)17/h2-12,15H,13-14H2,1H3,(H,25,30)(H,26,28)(H,27,29)/t15-/m1/s1. The van der Waals surface area contributed by atoms with Gasteiger partial charge in [-0.3, -0.25) is 14.4 Å². The number of halogens is 1. The van der Waals surface area contributed by atoms with E-state index in [0.29, 0.717) is 5.69 Å². The second kappa shape index (κ2) is 10.0. The van der Waals surface area contributed by atoms with Crippen LogP contribution in [0.3, 0.4) is 0 Å². The topological polar surface area (TPSA) is 87.3 Å². The third-order valence-corrected chi connectivity index (χ3v) is 5.26.